The number of halogens is 2. The lowest BCUT2D eigenvalue weighted by atomic mass is 9.38. The van der Waals surface area contributed by atoms with Crippen LogP contribution in [-0.4, -0.2) is 30.4 Å². The van der Waals surface area contributed by atoms with Gasteiger partial charge in [0.15, 0.2) is 12.4 Å². The highest BCUT2D eigenvalue weighted by Gasteiger charge is 2.68. The van der Waals surface area contributed by atoms with E-state index < -0.39 is 0 Å². The molecule has 2 aromatic carbocycles. The topological polar surface area (TPSA) is 64.6 Å². The second kappa shape index (κ2) is 7.88. The molecule has 0 atom stereocenters. The van der Waals surface area contributed by atoms with Crippen LogP contribution in [0.4, 0.5) is 0 Å². The average molecular weight is 434 g/mol. The molecule has 3 aliphatic rings. The van der Waals surface area contributed by atoms with E-state index in [0.29, 0.717) is 28.0 Å². The number of Topliss-reactive ketones (excluding diaryl/α,β-unsaturated/α-hetero) is 1. The molecule has 0 radical (unpaired) electrons. The van der Waals surface area contributed by atoms with Crippen molar-refractivity contribution in [3.8, 4) is 11.5 Å². The number of rotatable bonds is 9. The second-order valence-electron chi connectivity index (χ2n) is 8.06. The van der Waals surface area contributed by atoms with Gasteiger partial charge in [0.25, 0.3) is 5.91 Å². The van der Waals surface area contributed by atoms with Gasteiger partial charge in [0, 0.05) is 22.0 Å². The highest BCUT2D eigenvalue weighted by molar-refractivity contribution is 6.30. The van der Waals surface area contributed by atoms with Gasteiger partial charge in [0.05, 0.1) is 0 Å². The van der Waals surface area contributed by atoms with Gasteiger partial charge in [-0.1, -0.05) is 23.2 Å². The summed E-state index contributed by atoms with van der Waals surface area (Å²) in [5.74, 6) is 1.16. The summed E-state index contributed by atoms with van der Waals surface area (Å²) in [5, 5.41) is 4.30. The quantitative estimate of drug-likeness (QED) is 0.634. The van der Waals surface area contributed by atoms with Gasteiger partial charge in [-0.15, -0.1) is 0 Å². The molecule has 1 N–H and O–H groups in total. The van der Waals surface area contributed by atoms with Crippen LogP contribution in [0.25, 0.3) is 0 Å². The molecule has 3 fully saturated rings. The summed E-state index contributed by atoms with van der Waals surface area (Å²) in [6.07, 6.45) is 2.98. The molecular weight excluding hydrogens is 413 g/mol. The Morgan fingerprint density at radius 2 is 1.31 bits per heavy atom. The molecule has 0 aliphatic heterocycles. The van der Waals surface area contributed by atoms with E-state index in [1.54, 1.807) is 48.5 Å². The molecule has 0 saturated heterocycles. The molecule has 7 heteroatoms. The van der Waals surface area contributed by atoms with E-state index in [4.69, 9.17) is 32.7 Å². The first-order valence-electron chi connectivity index (χ1n) is 9.45. The molecule has 0 unspecified atom stereocenters. The highest BCUT2D eigenvalue weighted by atomic mass is 35.5. The van der Waals surface area contributed by atoms with Crippen molar-refractivity contribution in [2.45, 2.75) is 31.2 Å². The number of carbonyl (C=O) groups excluding carboxylic acids is 2. The minimum absolute atomic E-state index is 0.0186. The van der Waals surface area contributed by atoms with Crippen molar-refractivity contribution >= 4 is 34.9 Å². The molecule has 2 bridgehead atoms. The summed E-state index contributed by atoms with van der Waals surface area (Å²) in [5.41, 5.74) is -0.150. The summed E-state index contributed by atoms with van der Waals surface area (Å²) >= 11 is 11.7. The van der Waals surface area contributed by atoms with Gasteiger partial charge < -0.3 is 14.8 Å². The molecule has 0 spiro atoms. The van der Waals surface area contributed by atoms with E-state index in [1.807, 2.05) is 0 Å². The second-order valence-corrected chi connectivity index (χ2v) is 8.93. The van der Waals surface area contributed by atoms with Gasteiger partial charge in [0.2, 0.25) is 0 Å². The van der Waals surface area contributed by atoms with Crippen LogP contribution in [0.3, 0.4) is 0 Å². The first-order chi connectivity index (χ1) is 13.9. The van der Waals surface area contributed by atoms with Gasteiger partial charge in [0.1, 0.15) is 18.1 Å². The molecule has 152 valence electrons. The number of nitrogens with one attached hydrogen (secondary N) is 1. The molecule has 0 heterocycles. The lowest BCUT2D eigenvalue weighted by Gasteiger charge is -2.70. The van der Waals surface area contributed by atoms with Gasteiger partial charge in [-0.25, -0.2) is 0 Å². The SMILES string of the molecule is O=C(COc1ccc(Cl)cc1)CC12CC(NC(=O)COc3ccc(Cl)cc3)(C1)C2. The Morgan fingerprint density at radius 1 is 0.828 bits per heavy atom. The Balaban J connectivity index is 1.16. The van der Waals surface area contributed by atoms with Gasteiger partial charge in [-0.2, -0.15) is 0 Å². The van der Waals surface area contributed by atoms with Gasteiger partial charge in [-0.05, 0) is 73.2 Å². The maximum Gasteiger partial charge on any atom is 0.258 e. The largest absolute Gasteiger partial charge is 0.486 e. The number of hydrogen-bond acceptors (Lipinski definition) is 4. The normalized spacial score (nSPS) is 24.1. The molecular formula is C22H21Cl2NO4. The minimum Gasteiger partial charge on any atom is -0.486 e. The van der Waals surface area contributed by atoms with E-state index in [1.165, 1.54) is 0 Å². The third-order valence-corrected chi connectivity index (χ3v) is 6.02. The summed E-state index contributed by atoms with van der Waals surface area (Å²) in [4.78, 5) is 24.4. The number of carbonyl (C=O) groups is 2. The lowest BCUT2D eigenvalue weighted by Crippen LogP contribution is -2.75. The molecule has 1 amide bonds. The van der Waals surface area contributed by atoms with Crippen LogP contribution >= 0.6 is 23.2 Å². The van der Waals surface area contributed by atoms with Crippen LogP contribution in [0, 0.1) is 5.41 Å². The van der Waals surface area contributed by atoms with E-state index in [2.05, 4.69) is 5.32 Å². The predicted octanol–water partition coefficient (Wildman–Crippen LogP) is 4.45. The smallest absolute Gasteiger partial charge is 0.258 e. The number of hydrogen-bond donors (Lipinski definition) is 1. The van der Waals surface area contributed by atoms with Crippen LogP contribution in [0.2, 0.25) is 10.0 Å². The van der Waals surface area contributed by atoms with Crippen molar-refractivity contribution in [3.05, 3.63) is 58.6 Å². The van der Waals surface area contributed by atoms with Gasteiger partial charge >= 0.3 is 0 Å². The Hall–Kier alpha value is -2.24. The zero-order chi connectivity index (χ0) is 20.5. The Morgan fingerprint density at radius 3 is 1.83 bits per heavy atom. The van der Waals surface area contributed by atoms with Crippen molar-refractivity contribution in [2.24, 2.45) is 5.41 Å². The zero-order valence-electron chi connectivity index (χ0n) is 15.8. The Labute approximate surface area is 179 Å². The van der Waals surface area contributed by atoms with Crippen molar-refractivity contribution in [3.63, 3.8) is 0 Å². The van der Waals surface area contributed by atoms with Crippen molar-refractivity contribution in [1.82, 2.24) is 5.32 Å². The molecule has 2 aromatic rings. The number of amides is 1. The monoisotopic (exact) mass is 433 g/mol. The zero-order valence-corrected chi connectivity index (χ0v) is 17.3. The molecule has 29 heavy (non-hydrogen) atoms. The predicted molar refractivity (Wildman–Crippen MR) is 111 cm³/mol. The fourth-order valence-corrected chi connectivity index (χ4v) is 4.75. The first-order valence-corrected chi connectivity index (χ1v) is 10.2. The molecule has 5 nitrogen and oxygen atoms in total. The minimum atomic E-state index is -0.169. The standard InChI is InChI=1S/C22H21Cl2NO4/c23-15-1-5-18(6-2-15)28-10-17(26)9-21-12-22(13-21,14-21)25-20(27)11-29-19-7-3-16(24)4-8-19/h1-8H,9-14H2,(H,25,27). The molecule has 0 aromatic heterocycles. The van der Waals surface area contributed by atoms with Crippen LogP contribution in [-0.2, 0) is 9.59 Å². The summed E-state index contributed by atoms with van der Waals surface area (Å²) in [7, 11) is 0. The molecule has 3 aliphatic carbocycles. The fraction of sp³-hybridized carbons (Fsp3) is 0.364. The first kappa shape index (κ1) is 20.0. The third kappa shape index (κ3) is 4.68. The van der Waals surface area contributed by atoms with Crippen molar-refractivity contribution < 1.29 is 19.1 Å². The highest BCUT2D eigenvalue weighted by Crippen LogP contribution is 2.68. The van der Waals surface area contributed by atoms with Crippen LogP contribution < -0.4 is 14.8 Å². The van der Waals surface area contributed by atoms with Crippen LogP contribution in [0.15, 0.2) is 48.5 Å². The molecule has 5 rings (SSSR count). The Kier molecular flexibility index (Phi) is 5.45. The summed E-state index contributed by atoms with van der Waals surface area (Å²) in [6.45, 7) is 0.0158. The summed E-state index contributed by atoms with van der Waals surface area (Å²) in [6, 6.07) is 13.8. The van der Waals surface area contributed by atoms with Crippen molar-refractivity contribution in [1.29, 1.82) is 0 Å². The van der Waals surface area contributed by atoms with Crippen molar-refractivity contribution in [2.75, 3.05) is 13.2 Å². The Bertz CT molecular complexity index is 818. The van der Waals surface area contributed by atoms with Crippen LogP contribution in [0.1, 0.15) is 25.7 Å². The molecule has 3 saturated carbocycles. The fourth-order valence-electron chi connectivity index (χ4n) is 4.49. The van der Waals surface area contributed by atoms with E-state index in [0.717, 1.165) is 19.3 Å². The summed E-state index contributed by atoms with van der Waals surface area (Å²) < 4.78 is 11.0. The maximum atomic E-state index is 12.3. The van der Waals surface area contributed by atoms with E-state index >= 15 is 0 Å². The number of ketones is 1. The van der Waals surface area contributed by atoms with Gasteiger partial charge in [-0.3, -0.25) is 9.59 Å². The number of ether oxygens (including phenoxy) is 2. The van der Waals surface area contributed by atoms with E-state index in [9.17, 15) is 9.59 Å². The van der Waals surface area contributed by atoms with E-state index in [-0.39, 0.29) is 35.9 Å². The third-order valence-electron chi connectivity index (χ3n) is 5.51. The number of benzene rings is 2. The van der Waals surface area contributed by atoms with Crippen LogP contribution in [0.5, 0.6) is 11.5 Å². The maximum absolute atomic E-state index is 12.3. The average Bonchev–Trinajstić information content (AvgIpc) is 2.64. The lowest BCUT2D eigenvalue weighted by molar-refractivity contribution is -0.173.